The van der Waals surface area contributed by atoms with Crippen LogP contribution in [0, 0.1) is 5.82 Å². The summed E-state index contributed by atoms with van der Waals surface area (Å²) in [4.78, 5) is 25.8. The summed E-state index contributed by atoms with van der Waals surface area (Å²) in [5, 5.41) is 0. The van der Waals surface area contributed by atoms with Crippen molar-refractivity contribution < 1.29 is 27.1 Å². The molecule has 3 rings (SSSR count). The van der Waals surface area contributed by atoms with E-state index in [1.165, 1.54) is 39.5 Å². The largest absolute Gasteiger partial charge is 0.452 e. The molecule has 0 N–H and O–H groups in total. The SMILES string of the molecule is O=C(OCC(=O)N1CCN(S(=O)(=O)c2ccccc2)CC1)c1cccc(F)c1. The summed E-state index contributed by atoms with van der Waals surface area (Å²) in [6.07, 6.45) is 0. The van der Waals surface area contributed by atoms with Crippen molar-refractivity contribution in [2.24, 2.45) is 0 Å². The number of carbonyl (C=O) groups excluding carboxylic acids is 2. The van der Waals surface area contributed by atoms with E-state index >= 15 is 0 Å². The lowest BCUT2D eigenvalue weighted by atomic mass is 10.2. The van der Waals surface area contributed by atoms with Gasteiger partial charge in [0.25, 0.3) is 5.91 Å². The second kappa shape index (κ2) is 8.49. The van der Waals surface area contributed by atoms with Crippen LogP contribution in [0.2, 0.25) is 0 Å². The number of esters is 1. The van der Waals surface area contributed by atoms with E-state index in [-0.39, 0.29) is 36.6 Å². The number of nitrogens with zero attached hydrogens (tertiary/aromatic N) is 2. The molecule has 0 aromatic heterocycles. The number of amides is 1. The van der Waals surface area contributed by atoms with Crippen molar-refractivity contribution in [1.82, 2.24) is 9.21 Å². The third-order valence-corrected chi connectivity index (χ3v) is 6.27. The molecule has 1 aliphatic heterocycles. The molecule has 0 aliphatic carbocycles. The van der Waals surface area contributed by atoms with E-state index in [0.29, 0.717) is 0 Å². The molecular formula is C19H19FN2O5S. The molecule has 0 spiro atoms. The Hall–Kier alpha value is -2.78. The number of halogens is 1. The molecular weight excluding hydrogens is 387 g/mol. The molecule has 0 saturated carbocycles. The molecule has 0 bridgehead atoms. The summed E-state index contributed by atoms with van der Waals surface area (Å²) in [6, 6.07) is 13.1. The average molecular weight is 406 g/mol. The van der Waals surface area contributed by atoms with Crippen molar-refractivity contribution in [2.75, 3.05) is 32.8 Å². The van der Waals surface area contributed by atoms with Gasteiger partial charge in [-0.2, -0.15) is 4.31 Å². The van der Waals surface area contributed by atoms with Crippen molar-refractivity contribution in [3.63, 3.8) is 0 Å². The average Bonchev–Trinajstić information content (AvgIpc) is 2.72. The van der Waals surface area contributed by atoms with Crippen LogP contribution in [0.3, 0.4) is 0 Å². The molecule has 1 heterocycles. The standard InChI is InChI=1S/C19H19FN2O5S/c20-16-6-4-5-15(13-16)19(24)27-14-18(23)21-9-11-22(12-10-21)28(25,26)17-7-2-1-3-8-17/h1-8,13H,9-12,14H2. The fourth-order valence-corrected chi connectivity index (χ4v) is 4.28. The minimum Gasteiger partial charge on any atom is -0.452 e. The minimum atomic E-state index is -3.60. The maximum absolute atomic E-state index is 13.1. The summed E-state index contributed by atoms with van der Waals surface area (Å²) in [5.41, 5.74) is 0.0200. The summed E-state index contributed by atoms with van der Waals surface area (Å²) in [5.74, 6) is -1.80. The van der Waals surface area contributed by atoms with E-state index in [9.17, 15) is 22.4 Å². The number of sulfonamides is 1. The highest BCUT2D eigenvalue weighted by atomic mass is 32.2. The Labute approximate surface area is 162 Å². The first-order chi connectivity index (χ1) is 13.4. The van der Waals surface area contributed by atoms with Crippen LogP contribution in [0.1, 0.15) is 10.4 Å². The monoisotopic (exact) mass is 406 g/mol. The lowest BCUT2D eigenvalue weighted by molar-refractivity contribution is -0.135. The van der Waals surface area contributed by atoms with E-state index in [0.717, 1.165) is 6.07 Å². The first-order valence-electron chi connectivity index (χ1n) is 8.63. The Morgan fingerprint density at radius 2 is 1.64 bits per heavy atom. The highest BCUT2D eigenvalue weighted by Gasteiger charge is 2.30. The van der Waals surface area contributed by atoms with Crippen LogP contribution in [0.4, 0.5) is 4.39 Å². The molecule has 0 unspecified atom stereocenters. The van der Waals surface area contributed by atoms with Crippen molar-refractivity contribution in [1.29, 1.82) is 0 Å². The molecule has 1 saturated heterocycles. The molecule has 0 atom stereocenters. The number of hydrogen-bond donors (Lipinski definition) is 0. The Morgan fingerprint density at radius 1 is 0.964 bits per heavy atom. The van der Waals surface area contributed by atoms with Crippen LogP contribution >= 0.6 is 0 Å². The molecule has 7 nitrogen and oxygen atoms in total. The van der Waals surface area contributed by atoms with Gasteiger partial charge in [0.2, 0.25) is 10.0 Å². The van der Waals surface area contributed by atoms with E-state index in [1.54, 1.807) is 18.2 Å². The highest BCUT2D eigenvalue weighted by Crippen LogP contribution is 2.17. The van der Waals surface area contributed by atoms with Gasteiger partial charge in [-0.05, 0) is 30.3 Å². The molecule has 1 fully saturated rings. The molecule has 9 heteroatoms. The van der Waals surface area contributed by atoms with Gasteiger partial charge < -0.3 is 9.64 Å². The first-order valence-corrected chi connectivity index (χ1v) is 10.1. The number of ether oxygens (including phenoxy) is 1. The van der Waals surface area contributed by atoms with Gasteiger partial charge in [0.1, 0.15) is 5.82 Å². The zero-order valence-corrected chi connectivity index (χ0v) is 15.8. The zero-order valence-electron chi connectivity index (χ0n) is 15.0. The van der Waals surface area contributed by atoms with Crippen molar-refractivity contribution >= 4 is 21.9 Å². The number of rotatable bonds is 5. The maximum Gasteiger partial charge on any atom is 0.338 e. The van der Waals surface area contributed by atoms with Gasteiger partial charge in [-0.15, -0.1) is 0 Å². The smallest absolute Gasteiger partial charge is 0.338 e. The molecule has 0 radical (unpaired) electrons. The molecule has 2 aromatic rings. The van der Waals surface area contributed by atoms with Crippen molar-refractivity contribution in [2.45, 2.75) is 4.90 Å². The minimum absolute atomic E-state index is 0.0200. The number of benzene rings is 2. The topological polar surface area (TPSA) is 84.0 Å². The first kappa shape index (κ1) is 20.0. The van der Waals surface area contributed by atoms with Gasteiger partial charge >= 0.3 is 5.97 Å². The van der Waals surface area contributed by atoms with E-state index in [4.69, 9.17) is 4.74 Å². The van der Waals surface area contributed by atoms with Crippen LogP contribution < -0.4 is 0 Å². The predicted molar refractivity (Wildman–Crippen MR) is 98.5 cm³/mol. The predicted octanol–water partition coefficient (Wildman–Crippen LogP) is 1.52. The summed E-state index contributed by atoms with van der Waals surface area (Å²) in [6.45, 7) is 0.216. The normalized spacial score (nSPS) is 15.2. The van der Waals surface area contributed by atoms with Gasteiger partial charge in [-0.25, -0.2) is 17.6 Å². The summed E-state index contributed by atoms with van der Waals surface area (Å²) in [7, 11) is -3.60. The Bertz CT molecular complexity index is 957. The van der Waals surface area contributed by atoms with Gasteiger partial charge in [0.15, 0.2) is 6.61 Å². The second-order valence-corrected chi connectivity index (χ2v) is 8.12. The lowest BCUT2D eigenvalue weighted by Crippen LogP contribution is -2.51. The number of carbonyl (C=O) groups is 2. The van der Waals surface area contributed by atoms with Gasteiger partial charge in [-0.3, -0.25) is 4.79 Å². The zero-order chi connectivity index (χ0) is 20.1. The van der Waals surface area contributed by atoms with Gasteiger partial charge in [0.05, 0.1) is 10.5 Å². The Morgan fingerprint density at radius 3 is 2.29 bits per heavy atom. The van der Waals surface area contributed by atoms with E-state index in [1.807, 2.05) is 0 Å². The fourth-order valence-electron chi connectivity index (χ4n) is 2.84. The lowest BCUT2D eigenvalue weighted by Gasteiger charge is -2.33. The summed E-state index contributed by atoms with van der Waals surface area (Å²) >= 11 is 0. The van der Waals surface area contributed by atoms with Gasteiger partial charge in [0, 0.05) is 26.2 Å². The Kier molecular flexibility index (Phi) is 6.05. The Balaban J connectivity index is 1.52. The number of piperazine rings is 1. The highest BCUT2D eigenvalue weighted by molar-refractivity contribution is 7.89. The van der Waals surface area contributed by atoms with Crippen LogP contribution in [0.15, 0.2) is 59.5 Å². The van der Waals surface area contributed by atoms with E-state index < -0.39 is 34.3 Å². The second-order valence-electron chi connectivity index (χ2n) is 6.18. The molecule has 1 amide bonds. The van der Waals surface area contributed by atoms with Crippen LogP contribution in [-0.4, -0.2) is 62.3 Å². The van der Waals surface area contributed by atoms with Gasteiger partial charge in [-0.1, -0.05) is 24.3 Å². The molecule has 28 heavy (non-hydrogen) atoms. The van der Waals surface area contributed by atoms with Crippen molar-refractivity contribution in [3.8, 4) is 0 Å². The van der Waals surface area contributed by atoms with Crippen LogP contribution in [0.5, 0.6) is 0 Å². The van der Waals surface area contributed by atoms with Crippen molar-refractivity contribution in [3.05, 3.63) is 66.0 Å². The summed E-state index contributed by atoms with van der Waals surface area (Å²) < 4.78 is 44.6. The molecule has 1 aliphatic rings. The van der Waals surface area contributed by atoms with E-state index in [2.05, 4.69) is 0 Å². The fraction of sp³-hybridized carbons (Fsp3) is 0.263. The van der Waals surface area contributed by atoms with Crippen LogP contribution in [0.25, 0.3) is 0 Å². The number of hydrogen-bond acceptors (Lipinski definition) is 5. The molecule has 2 aromatic carbocycles. The third kappa shape index (κ3) is 4.55. The molecule has 148 valence electrons. The maximum atomic E-state index is 13.1. The third-order valence-electron chi connectivity index (χ3n) is 4.36. The quantitative estimate of drug-likeness (QED) is 0.703. The van der Waals surface area contributed by atoms with Crippen LogP contribution in [-0.2, 0) is 19.6 Å².